The van der Waals surface area contributed by atoms with Crippen molar-refractivity contribution in [2.45, 2.75) is 27.2 Å². The molecule has 1 saturated carbocycles. The Morgan fingerprint density at radius 1 is 1.47 bits per heavy atom. The lowest BCUT2D eigenvalue weighted by atomic mass is 10.1. The molecular formula is C13H20N2. The minimum atomic E-state index is 0.543. The molecule has 1 aliphatic carbocycles. The molecule has 1 atom stereocenters. The van der Waals surface area contributed by atoms with E-state index in [0.29, 0.717) is 5.41 Å². The maximum Gasteiger partial charge on any atom is 0.0390 e. The molecule has 0 radical (unpaired) electrons. The topological polar surface area (TPSA) is 38.0 Å². The SMILES string of the molecule is Cc1ccc(N)cc1NCC1CC1(C)C. The summed E-state index contributed by atoms with van der Waals surface area (Å²) in [6.07, 6.45) is 1.33. The van der Waals surface area contributed by atoms with Crippen LogP contribution >= 0.6 is 0 Å². The number of nitrogen functional groups attached to an aromatic ring is 1. The first-order chi connectivity index (χ1) is 6.99. The third kappa shape index (κ3) is 2.25. The lowest BCUT2D eigenvalue weighted by Crippen LogP contribution is -2.08. The molecule has 3 N–H and O–H groups in total. The lowest BCUT2D eigenvalue weighted by Gasteiger charge is -2.11. The molecule has 1 aromatic rings. The van der Waals surface area contributed by atoms with Gasteiger partial charge in [-0.15, -0.1) is 0 Å². The van der Waals surface area contributed by atoms with Crippen molar-refractivity contribution < 1.29 is 0 Å². The highest BCUT2D eigenvalue weighted by Gasteiger charge is 2.44. The first-order valence-corrected chi connectivity index (χ1v) is 5.59. The van der Waals surface area contributed by atoms with Gasteiger partial charge in [0.1, 0.15) is 0 Å². The van der Waals surface area contributed by atoms with Gasteiger partial charge < -0.3 is 11.1 Å². The van der Waals surface area contributed by atoms with E-state index in [4.69, 9.17) is 5.73 Å². The minimum Gasteiger partial charge on any atom is -0.399 e. The van der Waals surface area contributed by atoms with Crippen molar-refractivity contribution in [2.75, 3.05) is 17.6 Å². The molecule has 0 spiro atoms. The van der Waals surface area contributed by atoms with Gasteiger partial charge in [-0.2, -0.15) is 0 Å². The van der Waals surface area contributed by atoms with E-state index in [2.05, 4.69) is 32.2 Å². The van der Waals surface area contributed by atoms with Crippen LogP contribution in [0.3, 0.4) is 0 Å². The van der Waals surface area contributed by atoms with Crippen molar-refractivity contribution in [1.29, 1.82) is 0 Å². The van der Waals surface area contributed by atoms with Crippen LogP contribution in [0.25, 0.3) is 0 Å². The van der Waals surface area contributed by atoms with E-state index in [1.165, 1.54) is 17.7 Å². The van der Waals surface area contributed by atoms with Gasteiger partial charge in [0.05, 0.1) is 0 Å². The van der Waals surface area contributed by atoms with E-state index in [-0.39, 0.29) is 0 Å². The molecule has 2 nitrogen and oxygen atoms in total. The van der Waals surface area contributed by atoms with Crippen LogP contribution in [-0.4, -0.2) is 6.54 Å². The summed E-state index contributed by atoms with van der Waals surface area (Å²) in [5.41, 5.74) is 9.58. The van der Waals surface area contributed by atoms with Crippen molar-refractivity contribution in [2.24, 2.45) is 11.3 Å². The summed E-state index contributed by atoms with van der Waals surface area (Å²) in [6, 6.07) is 6.03. The van der Waals surface area contributed by atoms with Crippen LogP contribution in [-0.2, 0) is 0 Å². The Kier molecular flexibility index (Phi) is 2.37. The first kappa shape index (κ1) is 10.3. The van der Waals surface area contributed by atoms with E-state index in [1.807, 2.05) is 12.1 Å². The van der Waals surface area contributed by atoms with Crippen molar-refractivity contribution >= 4 is 11.4 Å². The number of hydrogen-bond donors (Lipinski definition) is 2. The van der Waals surface area contributed by atoms with Crippen LogP contribution in [0.15, 0.2) is 18.2 Å². The minimum absolute atomic E-state index is 0.543. The molecule has 1 fully saturated rings. The summed E-state index contributed by atoms with van der Waals surface area (Å²) in [7, 11) is 0. The molecule has 82 valence electrons. The fraction of sp³-hybridized carbons (Fsp3) is 0.538. The highest BCUT2D eigenvalue weighted by atomic mass is 14.9. The van der Waals surface area contributed by atoms with Crippen LogP contribution < -0.4 is 11.1 Å². The van der Waals surface area contributed by atoms with E-state index in [0.717, 1.165) is 18.2 Å². The van der Waals surface area contributed by atoms with Crippen LogP contribution in [0.2, 0.25) is 0 Å². The van der Waals surface area contributed by atoms with Crippen LogP contribution in [0, 0.1) is 18.3 Å². The second-order valence-electron chi connectivity index (χ2n) is 5.34. The summed E-state index contributed by atoms with van der Waals surface area (Å²) in [5.74, 6) is 0.818. The van der Waals surface area contributed by atoms with Gasteiger partial charge in [-0.3, -0.25) is 0 Å². The summed E-state index contributed by atoms with van der Waals surface area (Å²) in [5, 5.41) is 3.49. The Morgan fingerprint density at radius 2 is 2.13 bits per heavy atom. The zero-order valence-electron chi connectivity index (χ0n) is 9.80. The van der Waals surface area contributed by atoms with Gasteiger partial charge >= 0.3 is 0 Å². The number of hydrogen-bond acceptors (Lipinski definition) is 2. The Hall–Kier alpha value is -1.18. The van der Waals surface area contributed by atoms with Crippen molar-refractivity contribution in [3.8, 4) is 0 Å². The summed E-state index contributed by atoms with van der Waals surface area (Å²) >= 11 is 0. The molecule has 0 saturated heterocycles. The highest BCUT2D eigenvalue weighted by Crippen LogP contribution is 2.51. The normalized spacial score (nSPS) is 22.5. The van der Waals surface area contributed by atoms with Gasteiger partial charge in [-0.25, -0.2) is 0 Å². The maximum atomic E-state index is 5.76. The summed E-state index contributed by atoms with van der Waals surface area (Å²) in [6.45, 7) is 7.83. The van der Waals surface area contributed by atoms with E-state index in [9.17, 15) is 0 Å². The third-order valence-electron chi connectivity index (χ3n) is 3.52. The average Bonchev–Trinajstić information content (AvgIpc) is 2.76. The monoisotopic (exact) mass is 204 g/mol. The zero-order chi connectivity index (χ0) is 11.1. The van der Waals surface area contributed by atoms with Gasteiger partial charge in [-0.05, 0) is 42.4 Å². The summed E-state index contributed by atoms with van der Waals surface area (Å²) < 4.78 is 0. The molecule has 0 bridgehead atoms. The molecule has 2 rings (SSSR count). The van der Waals surface area contributed by atoms with E-state index in [1.54, 1.807) is 0 Å². The van der Waals surface area contributed by atoms with E-state index >= 15 is 0 Å². The highest BCUT2D eigenvalue weighted by molar-refractivity contribution is 5.59. The van der Waals surface area contributed by atoms with Gasteiger partial charge in [0.2, 0.25) is 0 Å². The van der Waals surface area contributed by atoms with Gasteiger partial charge in [-0.1, -0.05) is 19.9 Å². The Balaban J connectivity index is 1.96. The number of aryl methyl sites for hydroxylation is 1. The largest absolute Gasteiger partial charge is 0.399 e. The Labute approximate surface area is 91.9 Å². The van der Waals surface area contributed by atoms with Crippen LogP contribution in [0.5, 0.6) is 0 Å². The first-order valence-electron chi connectivity index (χ1n) is 5.59. The summed E-state index contributed by atoms with van der Waals surface area (Å²) in [4.78, 5) is 0. The zero-order valence-corrected chi connectivity index (χ0v) is 9.80. The second-order valence-corrected chi connectivity index (χ2v) is 5.34. The number of nitrogens with two attached hydrogens (primary N) is 1. The van der Waals surface area contributed by atoms with Gasteiger partial charge in [0.15, 0.2) is 0 Å². The number of anilines is 2. The van der Waals surface area contributed by atoms with Gasteiger partial charge in [0, 0.05) is 17.9 Å². The predicted octanol–water partition coefficient (Wildman–Crippen LogP) is 3.04. The molecule has 0 aliphatic heterocycles. The molecule has 1 unspecified atom stereocenters. The predicted molar refractivity (Wildman–Crippen MR) is 66.0 cm³/mol. The molecule has 0 amide bonds. The van der Waals surface area contributed by atoms with Crippen molar-refractivity contribution in [1.82, 2.24) is 0 Å². The molecule has 0 heterocycles. The molecule has 0 aromatic heterocycles. The third-order valence-corrected chi connectivity index (χ3v) is 3.52. The maximum absolute atomic E-state index is 5.76. The van der Waals surface area contributed by atoms with Crippen molar-refractivity contribution in [3.63, 3.8) is 0 Å². The number of benzene rings is 1. The fourth-order valence-corrected chi connectivity index (χ4v) is 1.99. The fourth-order valence-electron chi connectivity index (χ4n) is 1.99. The molecule has 1 aliphatic rings. The standard InChI is InChI=1S/C13H20N2/c1-9-4-5-11(14)6-12(9)15-8-10-7-13(10,2)3/h4-6,10,15H,7-8,14H2,1-3H3. The molecule has 15 heavy (non-hydrogen) atoms. The smallest absolute Gasteiger partial charge is 0.0390 e. The number of rotatable bonds is 3. The Morgan fingerprint density at radius 3 is 2.73 bits per heavy atom. The van der Waals surface area contributed by atoms with Crippen molar-refractivity contribution in [3.05, 3.63) is 23.8 Å². The second kappa shape index (κ2) is 3.44. The molecular weight excluding hydrogens is 184 g/mol. The number of nitrogens with one attached hydrogen (secondary N) is 1. The lowest BCUT2D eigenvalue weighted by molar-refractivity contribution is 0.573. The van der Waals surface area contributed by atoms with Crippen LogP contribution in [0.4, 0.5) is 11.4 Å². The Bertz CT molecular complexity index is 369. The molecule has 1 aromatic carbocycles. The average molecular weight is 204 g/mol. The van der Waals surface area contributed by atoms with Gasteiger partial charge in [0.25, 0.3) is 0 Å². The van der Waals surface area contributed by atoms with Crippen LogP contribution in [0.1, 0.15) is 25.8 Å². The molecule has 2 heteroatoms. The quantitative estimate of drug-likeness (QED) is 0.743. The van der Waals surface area contributed by atoms with E-state index < -0.39 is 0 Å².